The molecule has 0 aromatic heterocycles. The van der Waals surface area contributed by atoms with Crippen molar-refractivity contribution in [2.75, 3.05) is 13.7 Å². The summed E-state index contributed by atoms with van der Waals surface area (Å²) in [6.45, 7) is 1.01. The molecule has 26 heavy (non-hydrogen) atoms. The maximum atomic E-state index is 12.6. The van der Waals surface area contributed by atoms with Crippen LogP contribution in [0.5, 0.6) is 5.75 Å². The van der Waals surface area contributed by atoms with Crippen LogP contribution in [0.2, 0.25) is 0 Å². The molecule has 6 nitrogen and oxygen atoms in total. The van der Waals surface area contributed by atoms with Crippen molar-refractivity contribution in [1.29, 1.82) is 5.26 Å². The molecule has 0 bridgehead atoms. The minimum atomic E-state index is -0.524. The highest BCUT2D eigenvalue weighted by Crippen LogP contribution is 2.17. The van der Waals surface area contributed by atoms with Crippen molar-refractivity contribution in [2.45, 2.75) is 19.0 Å². The van der Waals surface area contributed by atoms with Gasteiger partial charge in [0.1, 0.15) is 11.8 Å². The normalized spacial score (nSPS) is 16.2. The van der Waals surface area contributed by atoms with E-state index in [9.17, 15) is 9.59 Å². The number of likely N-dealkylation sites (tertiary alicyclic amines) is 1. The molecule has 1 N–H and O–H groups in total. The number of hydrogen-bond donors (Lipinski definition) is 1. The standard InChI is InChI=1S/C20H19N3O3/c1-26-17-7-5-16(6-8-17)19(24)22-18-9-10-23(20(18)25)13-15-4-2-3-14(11-15)12-21/h2-8,11,18H,9-10,13H2,1H3,(H,22,24)/t18-/m0/s1. The van der Waals surface area contributed by atoms with Crippen molar-refractivity contribution >= 4 is 11.8 Å². The van der Waals surface area contributed by atoms with Gasteiger partial charge in [-0.25, -0.2) is 0 Å². The van der Waals surface area contributed by atoms with Crippen molar-refractivity contribution in [2.24, 2.45) is 0 Å². The summed E-state index contributed by atoms with van der Waals surface area (Å²) in [5.74, 6) is 0.290. The number of ether oxygens (including phenoxy) is 1. The maximum Gasteiger partial charge on any atom is 0.251 e. The van der Waals surface area contributed by atoms with Gasteiger partial charge in [-0.15, -0.1) is 0 Å². The van der Waals surface area contributed by atoms with Gasteiger partial charge in [-0.1, -0.05) is 12.1 Å². The minimum absolute atomic E-state index is 0.103. The lowest BCUT2D eigenvalue weighted by atomic mass is 10.1. The fourth-order valence-corrected chi connectivity index (χ4v) is 2.97. The smallest absolute Gasteiger partial charge is 0.251 e. The maximum absolute atomic E-state index is 12.6. The number of methoxy groups -OCH3 is 1. The first kappa shape index (κ1) is 17.5. The minimum Gasteiger partial charge on any atom is -0.497 e. The van der Waals surface area contributed by atoms with Crippen LogP contribution in [-0.4, -0.2) is 36.4 Å². The average Bonchev–Trinajstić information content (AvgIpc) is 3.01. The van der Waals surface area contributed by atoms with Gasteiger partial charge in [-0.2, -0.15) is 5.26 Å². The lowest BCUT2D eigenvalue weighted by molar-refractivity contribution is -0.129. The Morgan fingerprint density at radius 1 is 1.31 bits per heavy atom. The summed E-state index contributed by atoms with van der Waals surface area (Å²) in [6, 6.07) is 15.5. The second-order valence-corrected chi connectivity index (χ2v) is 6.12. The third-order valence-electron chi connectivity index (χ3n) is 4.38. The molecule has 1 atom stereocenters. The molecule has 0 unspecified atom stereocenters. The Kier molecular flexibility index (Phi) is 5.18. The average molecular weight is 349 g/mol. The highest BCUT2D eigenvalue weighted by molar-refractivity contribution is 5.98. The molecule has 1 heterocycles. The third kappa shape index (κ3) is 3.83. The van der Waals surface area contributed by atoms with Crippen LogP contribution in [-0.2, 0) is 11.3 Å². The molecule has 2 aromatic rings. The fourth-order valence-electron chi connectivity index (χ4n) is 2.97. The van der Waals surface area contributed by atoms with Gasteiger partial charge < -0.3 is 15.0 Å². The molecule has 3 rings (SSSR count). The van der Waals surface area contributed by atoms with Crippen molar-refractivity contribution in [3.8, 4) is 11.8 Å². The summed E-state index contributed by atoms with van der Waals surface area (Å²) in [6.07, 6.45) is 0.568. The van der Waals surface area contributed by atoms with Gasteiger partial charge in [0.05, 0.1) is 18.7 Å². The van der Waals surface area contributed by atoms with Gasteiger partial charge in [-0.05, 0) is 48.4 Å². The summed E-state index contributed by atoms with van der Waals surface area (Å²) >= 11 is 0. The van der Waals surface area contributed by atoms with Crippen LogP contribution in [0, 0.1) is 11.3 Å². The molecule has 1 saturated heterocycles. The molecule has 6 heteroatoms. The molecule has 2 aromatic carbocycles. The molecule has 0 radical (unpaired) electrons. The molecule has 1 aliphatic rings. The quantitative estimate of drug-likeness (QED) is 0.896. The van der Waals surface area contributed by atoms with E-state index >= 15 is 0 Å². The first-order chi connectivity index (χ1) is 12.6. The monoisotopic (exact) mass is 349 g/mol. The number of nitrogens with one attached hydrogen (secondary N) is 1. The first-order valence-electron chi connectivity index (χ1n) is 8.33. The van der Waals surface area contributed by atoms with Crippen LogP contribution >= 0.6 is 0 Å². The Bertz CT molecular complexity index is 855. The van der Waals surface area contributed by atoms with E-state index in [-0.39, 0.29) is 11.8 Å². The van der Waals surface area contributed by atoms with Crippen molar-refractivity contribution in [3.05, 3.63) is 65.2 Å². The molecule has 132 valence electrons. The highest BCUT2D eigenvalue weighted by Gasteiger charge is 2.32. The van der Waals surface area contributed by atoms with Gasteiger partial charge >= 0.3 is 0 Å². The van der Waals surface area contributed by atoms with E-state index in [0.29, 0.717) is 36.4 Å². The number of nitrogens with zero attached hydrogens (tertiary/aromatic N) is 2. The summed E-state index contributed by atoms with van der Waals surface area (Å²) in [7, 11) is 1.56. The third-order valence-corrected chi connectivity index (χ3v) is 4.38. The predicted molar refractivity (Wildman–Crippen MR) is 95.4 cm³/mol. The van der Waals surface area contributed by atoms with Crippen molar-refractivity contribution in [1.82, 2.24) is 10.2 Å². The van der Waals surface area contributed by atoms with E-state index in [0.717, 1.165) is 5.56 Å². The molecule has 2 amide bonds. The lowest BCUT2D eigenvalue weighted by Crippen LogP contribution is -2.41. The first-order valence-corrected chi connectivity index (χ1v) is 8.33. The second-order valence-electron chi connectivity index (χ2n) is 6.12. The molecule has 0 aliphatic carbocycles. The van der Waals surface area contributed by atoms with E-state index in [1.165, 1.54) is 0 Å². The zero-order valence-corrected chi connectivity index (χ0v) is 14.4. The number of carbonyl (C=O) groups is 2. The fraction of sp³-hybridized carbons (Fsp3) is 0.250. The van der Waals surface area contributed by atoms with Crippen molar-refractivity contribution < 1.29 is 14.3 Å². The van der Waals surface area contributed by atoms with Gasteiger partial charge in [0, 0.05) is 18.7 Å². The van der Waals surface area contributed by atoms with E-state index in [2.05, 4.69) is 11.4 Å². The van der Waals surface area contributed by atoms with Crippen LogP contribution in [0.3, 0.4) is 0 Å². The lowest BCUT2D eigenvalue weighted by Gasteiger charge is -2.17. The molecule has 1 aliphatic heterocycles. The Hall–Kier alpha value is -3.33. The molecule has 0 saturated carbocycles. The van der Waals surface area contributed by atoms with Crippen LogP contribution in [0.1, 0.15) is 27.9 Å². The Labute approximate surface area is 152 Å². The zero-order valence-electron chi connectivity index (χ0n) is 14.4. The number of nitriles is 1. The van der Waals surface area contributed by atoms with Gasteiger partial charge in [0.25, 0.3) is 5.91 Å². The summed E-state index contributed by atoms with van der Waals surface area (Å²) in [4.78, 5) is 26.6. The Morgan fingerprint density at radius 3 is 2.77 bits per heavy atom. The van der Waals surface area contributed by atoms with E-state index in [1.807, 2.05) is 6.07 Å². The van der Waals surface area contributed by atoms with E-state index < -0.39 is 6.04 Å². The summed E-state index contributed by atoms with van der Waals surface area (Å²) < 4.78 is 5.07. The largest absolute Gasteiger partial charge is 0.497 e. The van der Waals surface area contributed by atoms with Crippen LogP contribution in [0.25, 0.3) is 0 Å². The molecular weight excluding hydrogens is 330 g/mol. The van der Waals surface area contributed by atoms with Crippen molar-refractivity contribution in [3.63, 3.8) is 0 Å². The van der Waals surface area contributed by atoms with Crippen LogP contribution < -0.4 is 10.1 Å². The van der Waals surface area contributed by atoms with Gasteiger partial charge in [0.15, 0.2) is 0 Å². The molecule has 1 fully saturated rings. The SMILES string of the molecule is COc1ccc(C(=O)N[C@H]2CCN(Cc3cccc(C#N)c3)C2=O)cc1. The number of carbonyl (C=O) groups excluding carboxylic acids is 2. The van der Waals surface area contributed by atoms with Crippen LogP contribution in [0.15, 0.2) is 48.5 Å². The van der Waals surface area contributed by atoms with E-state index in [1.54, 1.807) is 54.5 Å². The van der Waals surface area contributed by atoms with Gasteiger partial charge in [0.2, 0.25) is 5.91 Å². The number of hydrogen-bond acceptors (Lipinski definition) is 4. The Morgan fingerprint density at radius 2 is 2.08 bits per heavy atom. The number of benzene rings is 2. The van der Waals surface area contributed by atoms with Crippen LogP contribution in [0.4, 0.5) is 0 Å². The molecule has 0 spiro atoms. The molecular formula is C20H19N3O3. The Balaban J connectivity index is 1.61. The topological polar surface area (TPSA) is 82.4 Å². The van der Waals surface area contributed by atoms with Gasteiger partial charge in [-0.3, -0.25) is 9.59 Å². The number of rotatable bonds is 5. The summed E-state index contributed by atoms with van der Waals surface area (Å²) in [5, 5.41) is 11.8. The number of amides is 2. The van der Waals surface area contributed by atoms with E-state index in [4.69, 9.17) is 10.00 Å². The zero-order chi connectivity index (χ0) is 18.5. The summed E-state index contributed by atoms with van der Waals surface area (Å²) in [5.41, 5.74) is 1.96. The second kappa shape index (κ2) is 7.70. The predicted octanol–water partition coefficient (Wildman–Crippen LogP) is 2.10. The highest BCUT2D eigenvalue weighted by atomic mass is 16.5.